The number of aromatic nitrogens is 3. The third-order valence-electron chi connectivity index (χ3n) is 5.87. The van der Waals surface area contributed by atoms with E-state index in [4.69, 9.17) is 9.84 Å². The predicted molar refractivity (Wildman–Crippen MR) is 133 cm³/mol. The van der Waals surface area contributed by atoms with Gasteiger partial charge in [0.05, 0.1) is 30.6 Å². The van der Waals surface area contributed by atoms with Crippen LogP contribution in [0, 0.1) is 0 Å². The summed E-state index contributed by atoms with van der Waals surface area (Å²) in [5.41, 5.74) is 5.60. The molecule has 9 nitrogen and oxygen atoms in total. The van der Waals surface area contributed by atoms with E-state index < -0.39 is 10.9 Å². The number of ether oxygens (including phenoxy) is 1. The molecule has 0 atom stereocenters. The monoisotopic (exact) mass is 478 g/mol. The van der Waals surface area contributed by atoms with Crippen molar-refractivity contribution in [2.45, 2.75) is 6.54 Å². The Labute approximate surface area is 199 Å². The lowest BCUT2D eigenvalue weighted by Crippen LogP contribution is -2.36. The zero-order valence-electron chi connectivity index (χ0n) is 18.8. The van der Waals surface area contributed by atoms with E-state index in [-0.39, 0.29) is 6.54 Å². The lowest BCUT2D eigenvalue weighted by Gasteiger charge is -2.28. The van der Waals surface area contributed by atoms with Crippen LogP contribution in [0.4, 0.5) is 17.3 Å². The van der Waals surface area contributed by atoms with Gasteiger partial charge in [-0.15, -0.1) is 5.10 Å². The van der Waals surface area contributed by atoms with Crippen LogP contribution >= 0.6 is 0 Å². The number of hydrogen-bond acceptors (Lipinski definition) is 7. The molecule has 0 amide bonds. The minimum atomic E-state index is -2.65. The molecule has 3 heterocycles. The molecule has 0 aliphatic carbocycles. The van der Waals surface area contributed by atoms with Crippen LogP contribution in [0.15, 0.2) is 66.9 Å². The second-order valence-corrected chi connectivity index (χ2v) is 9.28. The third-order valence-corrected chi connectivity index (χ3v) is 6.57. The Kier molecular flexibility index (Phi) is 6.43. The van der Waals surface area contributed by atoms with E-state index >= 15 is 0 Å². The van der Waals surface area contributed by atoms with Crippen molar-refractivity contribution in [3.05, 3.63) is 72.4 Å². The molecular formula is C24H26N6O3S. The zero-order chi connectivity index (χ0) is 23.5. The smallest absolute Gasteiger partial charge is 0.245 e. The molecule has 1 N–H and O–H groups in total. The molecule has 1 fully saturated rings. The minimum Gasteiger partial charge on any atom is -0.378 e. The van der Waals surface area contributed by atoms with Crippen LogP contribution in [0.1, 0.15) is 5.56 Å². The van der Waals surface area contributed by atoms with E-state index in [2.05, 4.69) is 27.3 Å². The summed E-state index contributed by atoms with van der Waals surface area (Å²) in [6.45, 7) is 3.58. The number of anilines is 3. The van der Waals surface area contributed by atoms with Crippen molar-refractivity contribution >= 4 is 33.7 Å². The Hall–Kier alpha value is -3.47. The second kappa shape index (κ2) is 9.80. The average molecular weight is 479 g/mol. The van der Waals surface area contributed by atoms with E-state index in [0.717, 1.165) is 54.3 Å². The van der Waals surface area contributed by atoms with Gasteiger partial charge in [-0.1, -0.05) is 24.3 Å². The summed E-state index contributed by atoms with van der Waals surface area (Å²) in [6.07, 6.45) is 1.77. The van der Waals surface area contributed by atoms with Crippen molar-refractivity contribution in [2.75, 3.05) is 43.6 Å². The summed E-state index contributed by atoms with van der Waals surface area (Å²) in [7, 11) is -1.09. The zero-order valence-corrected chi connectivity index (χ0v) is 19.7. The van der Waals surface area contributed by atoms with E-state index in [9.17, 15) is 8.42 Å². The quantitative estimate of drug-likeness (QED) is 0.395. The molecule has 10 heteroatoms. The molecule has 0 unspecified atom stereocenters. The molecule has 4 aromatic rings. The highest BCUT2D eigenvalue weighted by Crippen LogP contribution is 2.27. The highest BCUT2D eigenvalue weighted by molar-refractivity contribution is 7.69. The standard InChI is InChI=1S/C24H26N6O3S/c1-28(34(31)32)17-18-4-2-3-5-22(18)23-11-10-21-16-25-24(27-30(21)23)26-19-6-8-20(9-7-19)29-12-14-33-15-13-29/h2-11,16,34H,12-15,17H2,1H3,(H,26,27). The summed E-state index contributed by atoms with van der Waals surface area (Å²) in [4.78, 5) is 6.76. The van der Waals surface area contributed by atoms with Crippen molar-refractivity contribution in [2.24, 2.45) is 0 Å². The maximum atomic E-state index is 11.4. The van der Waals surface area contributed by atoms with Crippen LogP contribution in [0.25, 0.3) is 16.8 Å². The summed E-state index contributed by atoms with van der Waals surface area (Å²) in [6, 6.07) is 19.9. The number of hydrogen-bond donors (Lipinski definition) is 2. The summed E-state index contributed by atoms with van der Waals surface area (Å²) >= 11 is 0. The predicted octanol–water partition coefficient (Wildman–Crippen LogP) is 2.93. The first-order valence-corrected chi connectivity index (χ1v) is 12.2. The molecule has 0 bridgehead atoms. The fraction of sp³-hybridized carbons (Fsp3) is 0.250. The molecule has 5 rings (SSSR count). The fourth-order valence-corrected chi connectivity index (χ4v) is 4.35. The van der Waals surface area contributed by atoms with E-state index in [0.29, 0.717) is 5.95 Å². The van der Waals surface area contributed by atoms with Crippen LogP contribution in [0.2, 0.25) is 0 Å². The van der Waals surface area contributed by atoms with Crippen molar-refractivity contribution in [1.82, 2.24) is 18.9 Å². The van der Waals surface area contributed by atoms with E-state index in [1.807, 2.05) is 53.0 Å². The highest BCUT2D eigenvalue weighted by atomic mass is 32.2. The maximum Gasteiger partial charge on any atom is 0.245 e. The topological polar surface area (TPSA) is 92.1 Å². The van der Waals surface area contributed by atoms with Gasteiger partial charge in [0.2, 0.25) is 16.8 Å². The van der Waals surface area contributed by atoms with Gasteiger partial charge in [0.25, 0.3) is 0 Å². The van der Waals surface area contributed by atoms with Gasteiger partial charge in [-0.25, -0.2) is 22.2 Å². The molecule has 2 aromatic heterocycles. The van der Waals surface area contributed by atoms with Crippen molar-refractivity contribution in [3.8, 4) is 11.3 Å². The van der Waals surface area contributed by atoms with Crippen molar-refractivity contribution in [3.63, 3.8) is 0 Å². The normalized spacial score (nSPS) is 14.3. The number of nitrogens with one attached hydrogen (secondary N) is 1. The Morgan fingerprint density at radius 2 is 1.79 bits per heavy atom. The molecule has 34 heavy (non-hydrogen) atoms. The average Bonchev–Trinajstić information content (AvgIpc) is 3.28. The van der Waals surface area contributed by atoms with Crippen LogP contribution in [-0.4, -0.2) is 60.7 Å². The number of thiol groups is 1. The van der Waals surface area contributed by atoms with Gasteiger partial charge in [-0.2, -0.15) is 0 Å². The van der Waals surface area contributed by atoms with Gasteiger partial charge in [-0.05, 0) is 42.0 Å². The summed E-state index contributed by atoms with van der Waals surface area (Å²) in [5.74, 6) is 0.473. The number of nitrogens with zero attached hydrogens (tertiary/aromatic N) is 5. The van der Waals surface area contributed by atoms with E-state index in [1.165, 1.54) is 9.99 Å². The highest BCUT2D eigenvalue weighted by Gasteiger charge is 2.14. The molecular weight excluding hydrogens is 452 g/mol. The molecule has 0 saturated carbocycles. The van der Waals surface area contributed by atoms with Gasteiger partial charge >= 0.3 is 0 Å². The van der Waals surface area contributed by atoms with Crippen LogP contribution in [-0.2, 0) is 22.2 Å². The molecule has 1 aliphatic rings. The van der Waals surface area contributed by atoms with Gasteiger partial charge in [0.15, 0.2) is 0 Å². The maximum absolute atomic E-state index is 11.4. The Bertz CT molecular complexity index is 1350. The number of rotatable bonds is 7. The van der Waals surface area contributed by atoms with Crippen LogP contribution < -0.4 is 10.2 Å². The Morgan fingerprint density at radius 1 is 1.03 bits per heavy atom. The summed E-state index contributed by atoms with van der Waals surface area (Å²) < 4.78 is 31.3. The van der Waals surface area contributed by atoms with Gasteiger partial charge in [0, 0.05) is 43.6 Å². The fourth-order valence-electron chi connectivity index (χ4n) is 4.08. The van der Waals surface area contributed by atoms with Crippen LogP contribution in [0.3, 0.4) is 0 Å². The molecule has 0 radical (unpaired) electrons. The molecule has 2 aromatic carbocycles. The third kappa shape index (κ3) is 4.74. The molecule has 1 saturated heterocycles. The second-order valence-electron chi connectivity index (χ2n) is 8.12. The van der Waals surface area contributed by atoms with Crippen LogP contribution in [0.5, 0.6) is 0 Å². The molecule has 176 valence electrons. The number of morpholine rings is 1. The Morgan fingerprint density at radius 3 is 2.56 bits per heavy atom. The number of fused-ring (bicyclic) bond motifs is 1. The number of benzene rings is 2. The first-order valence-electron chi connectivity index (χ1n) is 11.1. The SMILES string of the molecule is CN(Cc1ccccc1-c1ccc2cnc(Nc3ccc(N4CCOCC4)cc3)nn12)[SH](=O)=O. The molecule has 1 aliphatic heterocycles. The minimum absolute atomic E-state index is 0.286. The van der Waals surface area contributed by atoms with Crippen molar-refractivity contribution < 1.29 is 13.2 Å². The summed E-state index contributed by atoms with van der Waals surface area (Å²) in [5, 5.41) is 7.99. The van der Waals surface area contributed by atoms with E-state index in [1.54, 1.807) is 13.2 Å². The Balaban J connectivity index is 1.41. The lowest BCUT2D eigenvalue weighted by atomic mass is 10.0. The molecule has 0 spiro atoms. The first-order chi connectivity index (χ1) is 16.6. The van der Waals surface area contributed by atoms with Gasteiger partial charge < -0.3 is 15.0 Å². The van der Waals surface area contributed by atoms with Crippen molar-refractivity contribution in [1.29, 1.82) is 0 Å². The van der Waals surface area contributed by atoms with Gasteiger partial charge in [0.1, 0.15) is 0 Å². The lowest BCUT2D eigenvalue weighted by molar-refractivity contribution is 0.122. The largest absolute Gasteiger partial charge is 0.378 e. The van der Waals surface area contributed by atoms with Gasteiger partial charge in [-0.3, -0.25) is 0 Å². The first kappa shape index (κ1) is 22.3.